The highest BCUT2D eigenvalue weighted by molar-refractivity contribution is 5.94. The summed E-state index contributed by atoms with van der Waals surface area (Å²) in [4.78, 5) is 16.5. The van der Waals surface area contributed by atoms with Crippen molar-refractivity contribution in [2.75, 3.05) is 69.4 Å². The van der Waals surface area contributed by atoms with E-state index in [0.717, 1.165) is 37.6 Å². The molecule has 0 saturated carbocycles. The second-order valence-corrected chi connectivity index (χ2v) is 8.02. The van der Waals surface area contributed by atoms with E-state index in [4.69, 9.17) is 14.2 Å². The van der Waals surface area contributed by atoms with Crippen LogP contribution in [-0.2, 0) is 9.53 Å². The molecule has 7 nitrogen and oxygen atoms in total. The number of quaternary nitrogens is 1. The van der Waals surface area contributed by atoms with Crippen LogP contribution in [0.2, 0.25) is 0 Å². The number of ether oxygens (including phenoxy) is 3. The van der Waals surface area contributed by atoms with Crippen LogP contribution in [0.5, 0.6) is 11.5 Å². The number of benzene rings is 1. The zero-order chi connectivity index (χ0) is 21.2. The molecule has 2 N–H and O–H groups in total. The number of nitrogens with zero attached hydrogens (tertiary/aromatic N) is 1. The first kappa shape index (κ1) is 22.7. The van der Waals surface area contributed by atoms with E-state index in [9.17, 15) is 4.79 Å². The number of nitrogens with one attached hydrogen (secondary N) is 2. The summed E-state index contributed by atoms with van der Waals surface area (Å²) in [7, 11) is 0. The van der Waals surface area contributed by atoms with Crippen molar-refractivity contribution in [1.82, 2.24) is 0 Å². The summed E-state index contributed by atoms with van der Waals surface area (Å²) in [6, 6.07) is 3.92. The van der Waals surface area contributed by atoms with Crippen molar-refractivity contribution in [2.45, 2.75) is 46.0 Å². The van der Waals surface area contributed by atoms with Gasteiger partial charge in [-0.25, -0.2) is 0 Å². The van der Waals surface area contributed by atoms with Gasteiger partial charge in [0.2, 0.25) is 0 Å². The number of likely N-dealkylation sites (tertiary alicyclic amines) is 1. The van der Waals surface area contributed by atoms with Crippen molar-refractivity contribution in [1.29, 1.82) is 0 Å². The molecule has 2 fully saturated rings. The molecule has 2 heterocycles. The van der Waals surface area contributed by atoms with Crippen LogP contribution in [-0.4, -0.2) is 65.1 Å². The minimum Gasteiger partial charge on any atom is -0.492 e. The molecule has 0 radical (unpaired) electrons. The van der Waals surface area contributed by atoms with Gasteiger partial charge in [0.1, 0.15) is 11.5 Å². The lowest BCUT2D eigenvalue weighted by Gasteiger charge is -2.31. The molecule has 0 bridgehead atoms. The standard InChI is InChI=1S/C23H37N3O4/c1-3-29-21-17-20(26-12-14-28-15-13-26)22(30-4-2)16-19(21)24-23(27)18-25-10-8-6-5-7-9-11-25/h16-17H,3-15,18H2,1-2H3,(H,24,27)/p+1. The van der Waals surface area contributed by atoms with Crippen molar-refractivity contribution in [3.8, 4) is 11.5 Å². The van der Waals surface area contributed by atoms with E-state index in [2.05, 4.69) is 10.2 Å². The Labute approximate surface area is 180 Å². The van der Waals surface area contributed by atoms with E-state index in [1.54, 1.807) is 0 Å². The Kier molecular flexibility index (Phi) is 9.08. The number of carbonyl (C=O) groups excluding carboxylic acids is 1. The maximum absolute atomic E-state index is 12.8. The lowest BCUT2D eigenvalue weighted by atomic mass is 10.1. The molecule has 168 valence electrons. The van der Waals surface area contributed by atoms with Gasteiger partial charge in [-0.3, -0.25) is 4.79 Å². The minimum atomic E-state index is 0.0353. The van der Waals surface area contributed by atoms with E-state index in [1.165, 1.54) is 37.0 Å². The quantitative estimate of drug-likeness (QED) is 0.674. The van der Waals surface area contributed by atoms with Crippen LogP contribution in [0.3, 0.4) is 0 Å². The van der Waals surface area contributed by atoms with Crippen molar-refractivity contribution in [3.63, 3.8) is 0 Å². The molecule has 0 spiro atoms. The normalized spacial score (nSPS) is 18.4. The highest BCUT2D eigenvalue weighted by Crippen LogP contribution is 2.39. The molecule has 3 rings (SSSR count). The molecule has 1 amide bonds. The smallest absolute Gasteiger partial charge is 0.279 e. The second-order valence-electron chi connectivity index (χ2n) is 8.02. The first-order chi connectivity index (χ1) is 14.7. The molecule has 1 aromatic carbocycles. The first-order valence-electron chi connectivity index (χ1n) is 11.6. The van der Waals surface area contributed by atoms with Gasteiger partial charge in [0.25, 0.3) is 5.91 Å². The third-order valence-electron chi connectivity index (χ3n) is 5.76. The molecule has 0 aliphatic carbocycles. The van der Waals surface area contributed by atoms with E-state index >= 15 is 0 Å². The summed E-state index contributed by atoms with van der Waals surface area (Å²) in [6.07, 6.45) is 6.29. The van der Waals surface area contributed by atoms with Gasteiger partial charge in [0.15, 0.2) is 6.54 Å². The molecule has 0 atom stereocenters. The number of hydrogen-bond donors (Lipinski definition) is 2. The van der Waals surface area contributed by atoms with Crippen LogP contribution in [0.4, 0.5) is 11.4 Å². The van der Waals surface area contributed by atoms with Crippen molar-refractivity contribution in [2.24, 2.45) is 0 Å². The Hall–Kier alpha value is -1.99. The van der Waals surface area contributed by atoms with Crippen LogP contribution in [0.25, 0.3) is 0 Å². The van der Waals surface area contributed by atoms with Crippen LogP contribution < -0.4 is 24.6 Å². The highest BCUT2D eigenvalue weighted by Gasteiger charge is 2.22. The Morgan fingerprint density at radius 1 is 1.00 bits per heavy atom. The van der Waals surface area contributed by atoms with Gasteiger partial charge in [-0.05, 0) is 39.5 Å². The summed E-state index contributed by atoms with van der Waals surface area (Å²) < 4.78 is 17.3. The SMILES string of the molecule is CCOc1cc(N2CCOCC2)c(OCC)cc1NC(=O)C[NH+]1CCCCCCC1. The molecule has 7 heteroatoms. The van der Waals surface area contributed by atoms with Gasteiger partial charge in [-0.1, -0.05) is 6.42 Å². The van der Waals surface area contributed by atoms with Crippen LogP contribution >= 0.6 is 0 Å². The van der Waals surface area contributed by atoms with Gasteiger partial charge in [0, 0.05) is 25.2 Å². The number of rotatable bonds is 8. The molecule has 0 unspecified atom stereocenters. The van der Waals surface area contributed by atoms with Gasteiger partial charge in [0.05, 0.1) is 50.9 Å². The van der Waals surface area contributed by atoms with E-state index < -0.39 is 0 Å². The third kappa shape index (κ3) is 6.51. The Morgan fingerprint density at radius 2 is 1.63 bits per heavy atom. The second kappa shape index (κ2) is 12.0. The van der Waals surface area contributed by atoms with Gasteiger partial charge in [-0.15, -0.1) is 0 Å². The number of anilines is 2. The lowest BCUT2D eigenvalue weighted by Crippen LogP contribution is -3.13. The van der Waals surface area contributed by atoms with Gasteiger partial charge < -0.3 is 29.3 Å². The van der Waals surface area contributed by atoms with E-state index in [1.807, 2.05) is 26.0 Å². The van der Waals surface area contributed by atoms with Crippen LogP contribution in [0.1, 0.15) is 46.0 Å². The fourth-order valence-electron chi connectivity index (χ4n) is 4.25. The highest BCUT2D eigenvalue weighted by atomic mass is 16.5. The maximum Gasteiger partial charge on any atom is 0.279 e. The summed E-state index contributed by atoms with van der Waals surface area (Å²) in [5.41, 5.74) is 1.68. The Morgan fingerprint density at radius 3 is 2.30 bits per heavy atom. The van der Waals surface area contributed by atoms with E-state index in [-0.39, 0.29) is 5.91 Å². The average Bonchev–Trinajstić information content (AvgIpc) is 2.72. The molecule has 1 aromatic rings. The van der Waals surface area contributed by atoms with Crippen LogP contribution in [0.15, 0.2) is 12.1 Å². The molecular formula is C23H38N3O4+. The number of amides is 1. The topological polar surface area (TPSA) is 64.5 Å². The first-order valence-corrected chi connectivity index (χ1v) is 11.6. The Bertz CT molecular complexity index is 669. The lowest BCUT2D eigenvalue weighted by molar-refractivity contribution is -0.892. The zero-order valence-electron chi connectivity index (χ0n) is 18.6. The van der Waals surface area contributed by atoms with Crippen molar-refractivity contribution >= 4 is 17.3 Å². The zero-order valence-corrected chi connectivity index (χ0v) is 18.6. The number of morpholine rings is 1. The molecule has 2 aliphatic heterocycles. The molecular weight excluding hydrogens is 382 g/mol. The Balaban J connectivity index is 1.76. The summed E-state index contributed by atoms with van der Waals surface area (Å²) in [5.74, 6) is 1.50. The monoisotopic (exact) mass is 420 g/mol. The predicted molar refractivity (Wildman–Crippen MR) is 119 cm³/mol. The molecule has 0 aromatic heterocycles. The predicted octanol–water partition coefficient (Wildman–Crippen LogP) is 2.11. The number of hydrogen-bond acceptors (Lipinski definition) is 5. The average molecular weight is 421 g/mol. The molecule has 2 saturated heterocycles. The van der Waals surface area contributed by atoms with Crippen LogP contribution in [0, 0.1) is 0 Å². The van der Waals surface area contributed by atoms with E-state index in [0.29, 0.717) is 44.4 Å². The van der Waals surface area contributed by atoms with Gasteiger partial charge in [-0.2, -0.15) is 0 Å². The largest absolute Gasteiger partial charge is 0.492 e. The van der Waals surface area contributed by atoms with Gasteiger partial charge >= 0.3 is 0 Å². The fourth-order valence-corrected chi connectivity index (χ4v) is 4.25. The summed E-state index contributed by atoms with van der Waals surface area (Å²) in [5, 5.41) is 3.10. The summed E-state index contributed by atoms with van der Waals surface area (Å²) >= 11 is 0. The van der Waals surface area contributed by atoms with Crippen molar-refractivity contribution < 1.29 is 23.9 Å². The number of carbonyl (C=O) groups is 1. The maximum atomic E-state index is 12.8. The molecule has 30 heavy (non-hydrogen) atoms. The van der Waals surface area contributed by atoms with Crippen molar-refractivity contribution in [3.05, 3.63) is 12.1 Å². The fraction of sp³-hybridized carbons (Fsp3) is 0.696. The summed E-state index contributed by atoms with van der Waals surface area (Å²) in [6.45, 7) is 10.7. The third-order valence-corrected chi connectivity index (χ3v) is 5.76. The molecule has 2 aliphatic rings. The minimum absolute atomic E-state index is 0.0353.